The SMILES string of the molecule is C[C@H](CC#N)NCCCCCCCCN[C@@H](C)CC#N. The Hall–Kier alpha value is -1.10. The molecule has 0 heterocycles. The van der Waals surface area contributed by atoms with Gasteiger partial charge in [-0.3, -0.25) is 0 Å². The fourth-order valence-corrected chi connectivity index (χ4v) is 2.07. The van der Waals surface area contributed by atoms with Crippen molar-refractivity contribution in [1.82, 2.24) is 10.6 Å². The predicted octanol–water partition coefficient (Wildman–Crippen LogP) is 3.11. The van der Waals surface area contributed by atoms with Crippen LogP contribution in [-0.2, 0) is 0 Å². The van der Waals surface area contributed by atoms with E-state index in [0.29, 0.717) is 24.9 Å². The highest BCUT2D eigenvalue weighted by Gasteiger charge is 2.00. The first kappa shape index (κ1) is 18.9. The van der Waals surface area contributed by atoms with Crippen molar-refractivity contribution in [3.63, 3.8) is 0 Å². The van der Waals surface area contributed by atoms with E-state index in [-0.39, 0.29) is 0 Å². The summed E-state index contributed by atoms with van der Waals surface area (Å²) in [6, 6.07) is 5.00. The molecule has 0 aliphatic carbocycles. The van der Waals surface area contributed by atoms with E-state index in [1.54, 1.807) is 0 Å². The maximum Gasteiger partial charge on any atom is 0.0638 e. The lowest BCUT2D eigenvalue weighted by atomic mass is 10.1. The van der Waals surface area contributed by atoms with Gasteiger partial charge in [-0.1, -0.05) is 25.7 Å². The summed E-state index contributed by atoms with van der Waals surface area (Å²) in [4.78, 5) is 0. The second kappa shape index (κ2) is 14.3. The van der Waals surface area contributed by atoms with Crippen LogP contribution in [0.3, 0.4) is 0 Å². The Bertz CT molecular complexity index is 260. The van der Waals surface area contributed by atoms with Crippen LogP contribution in [0.15, 0.2) is 0 Å². The Morgan fingerprint density at radius 1 is 0.700 bits per heavy atom. The van der Waals surface area contributed by atoms with Gasteiger partial charge in [-0.15, -0.1) is 0 Å². The number of nitrogens with one attached hydrogen (secondary N) is 2. The zero-order valence-corrected chi connectivity index (χ0v) is 13.1. The molecule has 2 N–H and O–H groups in total. The Labute approximate surface area is 124 Å². The zero-order chi connectivity index (χ0) is 15.1. The van der Waals surface area contributed by atoms with Gasteiger partial charge in [0, 0.05) is 12.1 Å². The van der Waals surface area contributed by atoms with Gasteiger partial charge in [-0.05, 0) is 39.8 Å². The molecular formula is C16H30N4. The number of hydrogen-bond donors (Lipinski definition) is 2. The molecule has 0 aliphatic rings. The molecular weight excluding hydrogens is 248 g/mol. The predicted molar refractivity (Wildman–Crippen MR) is 83.1 cm³/mol. The zero-order valence-electron chi connectivity index (χ0n) is 13.1. The van der Waals surface area contributed by atoms with Crippen molar-refractivity contribution < 1.29 is 0 Å². The van der Waals surface area contributed by atoms with E-state index >= 15 is 0 Å². The molecule has 0 saturated carbocycles. The number of nitrogens with zero attached hydrogens (tertiary/aromatic N) is 2. The van der Waals surface area contributed by atoms with Gasteiger partial charge in [0.05, 0.1) is 25.0 Å². The van der Waals surface area contributed by atoms with Gasteiger partial charge in [-0.2, -0.15) is 10.5 Å². The molecule has 0 aromatic carbocycles. The first-order chi connectivity index (χ1) is 9.70. The quantitative estimate of drug-likeness (QED) is 0.508. The second-order valence-corrected chi connectivity index (χ2v) is 5.56. The first-order valence-corrected chi connectivity index (χ1v) is 7.91. The van der Waals surface area contributed by atoms with E-state index in [9.17, 15) is 0 Å². The molecule has 4 nitrogen and oxygen atoms in total. The fourth-order valence-electron chi connectivity index (χ4n) is 2.07. The molecule has 0 aromatic heterocycles. The largest absolute Gasteiger partial charge is 0.313 e. The van der Waals surface area contributed by atoms with Crippen molar-refractivity contribution in [3.8, 4) is 12.1 Å². The first-order valence-electron chi connectivity index (χ1n) is 7.91. The van der Waals surface area contributed by atoms with Crippen molar-refractivity contribution in [3.05, 3.63) is 0 Å². The van der Waals surface area contributed by atoms with Crippen LogP contribution >= 0.6 is 0 Å². The normalized spacial score (nSPS) is 13.4. The number of rotatable bonds is 13. The monoisotopic (exact) mass is 278 g/mol. The Balaban J connectivity index is 3.14. The topological polar surface area (TPSA) is 71.6 Å². The van der Waals surface area contributed by atoms with Gasteiger partial charge in [0.1, 0.15) is 0 Å². The van der Waals surface area contributed by atoms with Crippen LogP contribution in [0.25, 0.3) is 0 Å². The van der Waals surface area contributed by atoms with E-state index in [1.165, 1.54) is 38.5 Å². The highest BCUT2D eigenvalue weighted by atomic mass is 14.9. The van der Waals surface area contributed by atoms with Crippen LogP contribution in [0.1, 0.15) is 65.2 Å². The van der Waals surface area contributed by atoms with Gasteiger partial charge in [0.25, 0.3) is 0 Å². The van der Waals surface area contributed by atoms with Gasteiger partial charge < -0.3 is 10.6 Å². The summed E-state index contributed by atoms with van der Waals surface area (Å²) in [5.41, 5.74) is 0. The van der Waals surface area contributed by atoms with E-state index in [1.807, 2.05) is 0 Å². The van der Waals surface area contributed by atoms with Gasteiger partial charge >= 0.3 is 0 Å². The molecule has 0 fully saturated rings. The van der Waals surface area contributed by atoms with Crippen molar-refractivity contribution in [1.29, 1.82) is 10.5 Å². The van der Waals surface area contributed by atoms with E-state index < -0.39 is 0 Å². The molecule has 0 bridgehead atoms. The summed E-state index contributed by atoms with van der Waals surface area (Å²) < 4.78 is 0. The standard InChI is InChI=1S/C16H30N4/c1-15(9-11-17)19-13-7-5-3-4-6-8-14-20-16(2)10-12-18/h15-16,19-20H,3-10,13-14H2,1-2H3/t15-,16+. The number of unbranched alkanes of at least 4 members (excludes halogenated alkanes) is 5. The Morgan fingerprint density at radius 2 is 1.05 bits per heavy atom. The fraction of sp³-hybridized carbons (Fsp3) is 0.875. The third-order valence-electron chi connectivity index (χ3n) is 3.38. The molecule has 0 aliphatic heterocycles. The lowest BCUT2D eigenvalue weighted by Gasteiger charge is -2.10. The lowest BCUT2D eigenvalue weighted by Crippen LogP contribution is -2.26. The summed E-state index contributed by atoms with van der Waals surface area (Å²) in [6.07, 6.45) is 8.72. The molecule has 0 unspecified atom stereocenters. The van der Waals surface area contributed by atoms with Crippen LogP contribution < -0.4 is 10.6 Å². The maximum atomic E-state index is 8.53. The minimum Gasteiger partial charge on any atom is -0.313 e. The maximum absolute atomic E-state index is 8.53. The molecule has 0 rings (SSSR count). The minimum atomic E-state index is 0.321. The lowest BCUT2D eigenvalue weighted by molar-refractivity contribution is 0.501. The third-order valence-corrected chi connectivity index (χ3v) is 3.38. The third kappa shape index (κ3) is 13.3. The smallest absolute Gasteiger partial charge is 0.0638 e. The van der Waals surface area contributed by atoms with E-state index in [0.717, 1.165) is 13.1 Å². The minimum absolute atomic E-state index is 0.321. The Morgan fingerprint density at radius 3 is 1.40 bits per heavy atom. The number of hydrogen-bond acceptors (Lipinski definition) is 4. The molecule has 0 amide bonds. The van der Waals surface area contributed by atoms with E-state index in [4.69, 9.17) is 10.5 Å². The van der Waals surface area contributed by atoms with Crippen molar-refractivity contribution in [2.24, 2.45) is 0 Å². The van der Waals surface area contributed by atoms with Crippen LogP contribution in [0.2, 0.25) is 0 Å². The molecule has 20 heavy (non-hydrogen) atoms. The summed E-state index contributed by atoms with van der Waals surface area (Å²) >= 11 is 0. The Kier molecular flexibility index (Phi) is 13.5. The van der Waals surface area contributed by atoms with Crippen LogP contribution in [-0.4, -0.2) is 25.2 Å². The van der Waals surface area contributed by atoms with Crippen molar-refractivity contribution in [2.45, 2.75) is 77.3 Å². The molecule has 2 atom stereocenters. The average molecular weight is 278 g/mol. The molecule has 0 aromatic rings. The van der Waals surface area contributed by atoms with Crippen LogP contribution in [0.5, 0.6) is 0 Å². The van der Waals surface area contributed by atoms with Gasteiger partial charge in [-0.25, -0.2) is 0 Å². The molecule has 4 heteroatoms. The highest BCUT2D eigenvalue weighted by molar-refractivity contribution is 4.77. The van der Waals surface area contributed by atoms with Crippen LogP contribution in [0, 0.1) is 22.7 Å². The second-order valence-electron chi connectivity index (χ2n) is 5.56. The molecule has 114 valence electrons. The van der Waals surface area contributed by atoms with Crippen molar-refractivity contribution in [2.75, 3.05) is 13.1 Å². The molecule has 0 saturated heterocycles. The summed E-state index contributed by atoms with van der Waals surface area (Å²) in [5.74, 6) is 0. The average Bonchev–Trinajstić information content (AvgIpc) is 2.41. The van der Waals surface area contributed by atoms with Gasteiger partial charge in [0.2, 0.25) is 0 Å². The van der Waals surface area contributed by atoms with Crippen LogP contribution in [0.4, 0.5) is 0 Å². The molecule has 0 radical (unpaired) electrons. The summed E-state index contributed by atoms with van der Waals surface area (Å²) in [7, 11) is 0. The van der Waals surface area contributed by atoms with Crippen molar-refractivity contribution >= 4 is 0 Å². The summed E-state index contributed by atoms with van der Waals surface area (Å²) in [6.45, 7) is 6.17. The highest BCUT2D eigenvalue weighted by Crippen LogP contribution is 2.05. The summed E-state index contributed by atoms with van der Waals surface area (Å²) in [5, 5.41) is 23.8. The number of nitriles is 2. The molecule has 0 spiro atoms. The van der Waals surface area contributed by atoms with Gasteiger partial charge in [0.15, 0.2) is 0 Å². The van der Waals surface area contributed by atoms with E-state index in [2.05, 4.69) is 36.6 Å².